The number of methoxy groups -OCH3 is 1. The minimum Gasteiger partial charge on any atom is -0.496 e. The van der Waals surface area contributed by atoms with E-state index in [0.29, 0.717) is 16.9 Å². The molecule has 2 rings (SSSR count). The van der Waals surface area contributed by atoms with Crippen LogP contribution in [-0.4, -0.2) is 23.8 Å². The molecule has 0 fully saturated rings. The molecule has 0 aliphatic carbocycles. The number of carbonyl (C=O) groups is 2. The second kappa shape index (κ2) is 7.91. The van der Waals surface area contributed by atoms with Crippen molar-refractivity contribution in [1.29, 1.82) is 0 Å². The van der Waals surface area contributed by atoms with Crippen molar-refractivity contribution in [2.45, 2.75) is 13.5 Å². The lowest BCUT2D eigenvalue weighted by atomic mass is 10.1. The SMILES string of the molecule is COc1ccc(C(C)=O)cc1COC(=O)c1nc(Cl)c(Cl)c(N)c1Cl. The first kappa shape index (κ1) is 19.3. The molecule has 0 saturated heterocycles. The first-order chi connectivity index (χ1) is 11.8. The van der Waals surface area contributed by atoms with Crippen molar-refractivity contribution in [3.63, 3.8) is 0 Å². The van der Waals surface area contributed by atoms with Crippen LogP contribution in [0.25, 0.3) is 0 Å². The number of ether oxygens (including phenoxy) is 2. The Labute approximate surface area is 158 Å². The molecule has 0 amide bonds. The van der Waals surface area contributed by atoms with Crippen LogP contribution in [0.1, 0.15) is 33.3 Å². The molecule has 132 valence electrons. The maximum Gasteiger partial charge on any atom is 0.358 e. The zero-order valence-corrected chi connectivity index (χ0v) is 15.5. The molecular weight excluding hydrogens is 391 g/mol. The molecule has 0 spiro atoms. The predicted molar refractivity (Wildman–Crippen MR) is 95.8 cm³/mol. The van der Waals surface area contributed by atoms with Crippen LogP contribution in [0.3, 0.4) is 0 Å². The van der Waals surface area contributed by atoms with E-state index in [1.54, 1.807) is 18.2 Å². The molecule has 0 aliphatic heterocycles. The molecule has 0 aliphatic rings. The molecule has 1 aromatic heterocycles. The number of rotatable bonds is 5. The summed E-state index contributed by atoms with van der Waals surface area (Å²) in [6, 6.07) is 4.81. The highest BCUT2D eigenvalue weighted by Gasteiger charge is 2.21. The van der Waals surface area contributed by atoms with Gasteiger partial charge in [0.05, 0.1) is 17.8 Å². The number of benzene rings is 1. The van der Waals surface area contributed by atoms with Crippen LogP contribution in [0.5, 0.6) is 5.75 Å². The van der Waals surface area contributed by atoms with E-state index in [0.717, 1.165) is 0 Å². The van der Waals surface area contributed by atoms with Gasteiger partial charge in [0.2, 0.25) is 0 Å². The normalized spacial score (nSPS) is 10.4. The number of carbonyl (C=O) groups excluding carboxylic acids is 2. The monoisotopic (exact) mass is 402 g/mol. The Balaban J connectivity index is 2.26. The minimum absolute atomic E-state index is 0.0426. The van der Waals surface area contributed by atoms with E-state index in [1.165, 1.54) is 14.0 Å². The lowest BCUT2D eigenvalue weighted by Crippen LogP contribution is -2.11. The number of nitrogens with two attached hydrogens (primary N) is 1. The fourth-order valence-electron chi connectivity index (χ4n) is 1.99. The topological polar surface area (TPSA) is 91.5 Å². The van der Waals surface area contributed by atoms with E-state index in [1.807, 2.05) is 0 Å². The standard InChI is InChI=1S/C16H13Cl3N2O4/c1-7(22)8-3-4-10(24-2)9(5-8)6-25-16(23)14-11(17)13(20)12(18)15(19)21-14/h3-5H,6H2,1-2H3,(H2,20,21). The third kappa shape index (κ3) is 4.15. The van der Waals surface area contributed by atoms with Crippen molar-refractivity contribution < 1.29 is 19.1 Å². The van der Waals surface area contributed by atoms with E-state index < -0.39 is 5.97 Å². The van der Waals surface area contributed by atoms with Gasteiger partial charge in [-0.2, -0.15) is 0 Å². The van der Waals surface area contributed by atoms with Gasteiger partial charge in [-0.3, -0.25) is 4.79 Å². The number of Topliss-reactive ketones (excluding diaryl/α,β-unsaturated/α-hetero) is 1. The molecule has 0 saturated carbocycles. The van der Waals surface area contributed by atoms with Gasteiger partial charge in [-0.1, -0.05) is 34.8 Å². The Bertz CT molecular complexity index is 856. The average Bonchev–Trinajstić information content (AvgIpc) is 2.60. The van der Waals surface area contributed by atoms with E-state index in [4.69, 9.17) is 50.0 Å². The lowest BCUT2D eigenvalue weighted by Gasteiger charge is -2.12. The number of esters is 1. The van der Waals surface area contributed by atoms with Crippen LogP contribution in [0.2, 0.25) is 15.2 Å². The number of anilines is 1. The van der Waals surface area contributed by atoms with Crippen LogP contribution < -0.4 is 10.5 Å². The molecule has 1 aromatic carbocycles. The smallest absolute Gasteiger partial charge is 0.358 e. The Morgan fingerprint density at radius 1 is 1.20 bits per heavy atom. The number of ketones is 1. The fraction of sp³-hybridized carbons (Fsp3) is 0.188. The zero-order chi connectivity index (χ0) is 18.7. The third-order valence-corrected chi connectivity index (χ3v) is 4.45. The summed E-state index contributed by atoms with van der Waals surface area (Å²) in [5.41, 5.74) is 6.32. The number of aromatic nitrogens is 1. The Morgan fingerprint density at radius 2 is 1.88 bits per heavy atom. The van der Waals surface area contributed by atoms with Gasteiger partial charge in [0, 0.05) is 11.1 Å². The van der Waals surface area contributed by atoms with E-state index in [9.17, 15) is 9.59 Å². The highest BCUT2D eigenvalue weighted by atomic mass is 35.5. The molecular formula is C16H13Cl3N2O4. The summed E-state index contributed by atoms with van der Waals surface area (Å²) in [6.45, 7) is 1.26. The quantitative estimate of drug-likeness (QED) is 0.457. The van der Waals surface area contributed by atoms with Crippen molar-refractivity contribution in [2.75, 3.05) is 12.8 Å². The van der Waals surface area contributed by atoms with Crippen molar-refractivity contribution >= 4 is 52.2 Å². The van der Waals surface area contributed by atoms with Gasteiger partial charge in [0.25, 0.3) is 0 Å². The lowest BCUT2D eigenvalue weighted by molar-refractivity contribution is 0.0463. The zero-order valence-electron chi connectivity index (χ0n) is 13.2. The number of hydrogen-bond donors (Lipinski definition) is 1. The number of halogens is 3. The molecule has 25 heavy (non-hydrogen) atoms. The molecule has 0 unspecified atom stereocenters. The molecule has 1 heterocycles. The first-order valence-electron chi connectivity index (χ1n) is 6.91. The van der Waals surface area contributed by atoms with Crippen LogP contribution in [0, 0.1) is 0 Å². The van der Waals surface area contributed by atoms with Gasteiger partial charge in [-0.05, 0) is 25.1 Å². The first-order valence-corrected chi connectivity index (χ1v) is 8.04. The van der Waals surface area contributed by atoms with Crippen molar-refractivity contribution in [3.05, 3.63) is 50.2 Å². The summed E-state index contributed by atoms with van der Waals surface area (Å²) in [4.78, 5) is 27.5. The molecule has 2 N–H and O–H groups in total. The van der Waals surface area contributed by atoms with Crippen molar-refractivity contribution in [2.24, 2.45) is 0 Å². The molecule has 0 radical (unpaired) electrons. The minimum atomic E-state index is -0.842. The maximum absolute atomic E-state index is 12.2. The summed E-state index contributed by atoms with van der Waals surface area (Å²) in [5.74, 6) is -0.506. The van der Waals surface area contributed by atoms with E-state index in [-0.39, 0.29) is 39.0 Å². The van der Waals surface area contributed by atoms with E-state index in [2.05, 4.69) is 4.98 Å². The maximum atomic E-state index is 12.2. The van der Waals surface area contributed by atoms with Crippen molar-refractivity contribution in [1.82, 2.24) is 4.98 Å². The van der Waals surface area contributed by atoms with Gasteiger partial charge in [-0.15, -0.1) is 0 Å². The van der Waals surface area contributed by atoms with Crippen LogP contribution in [0.15, 0.2) is 18.2 Å². The Kier molecular flexibility index (Phi) is 6.11. The number of hydrogen-bond acceptors (Lipinski definition) is 6. The molecule has 0 bridgehead atoms. The number of nitrogens with zero attached hydrogens (tertiary/aromatic N) is 1. The summed E-state index contributed by atoms with van der Waals surface area (Å²) in [6.07, 6.45) is 0. The van der Waals surface area contributed by atoms with Gasteiger partial charge in [0.15, 0.2) is 16.6 Å². The second-order valence-corrected chi connectivity index (χ2v) is 6.07. The summed E-state index contributed by atoms with van der Waals surface area (Å²) < 4.78 is 10.4. The molecule has 0 atom stereocenters. The second-order valence-electron chi connectivity index (χ2n) is 4.95. The molecule has 9 heteroatoms. The Morgan fingerprint density at radius 3 is 2.48 bits per heavy atom. The van der Waals surface area contributed by atoms with Crippen LogP contribution in [-0.2, 0) is 11.3 Å². The Hall–Kier alpha value is -2.02. The van der Waals surface area contributed by atoms with Gasteiger partial charge in [0.1, 0.15) is 17.4 Å². The van der Waals surface area contributed by atoms with Gasteiger partial charge in [-0.25, -0.2) is 9.78 Å². The highest BCUT2D eigenvalue weighted by Crippen LogP contribution is 2.34. The third-order valence-electron chi connectivity index (χ3n) is 3.31. The summed E-state index contributed by atoms with van der Waals surface area (Å²) in [7, 11) is 1.46. The number of nitrogen functional groups attached to an aromatic ring is 1. The van der Waals surface area contributed by atoms with Gasteiger partial charge >= 0.3 is 5.97 Å². The highest BCUT2D eigenvalue weighted by molar-refractivity contribution is 6.46. The predicted octanol–water partition coefficient (Wildman–Crippen LogP) is 4.19. The summed E-state index contributed by atoms with van der Waals surface area (Å²) >= 11 is 17.6. The number of pyridine rings is 1. The fourth-order valence-corrected chi connectivity index (χ4v) is 2.57. The van der Waals surface area contributed by atoms with E-state index >= 15 is 0 Å². The van der Waals surface area contributed by atoms with Gasteiger partial charge < -0.3 is 15.2 Å². The largest absolute Gasteiger partial charge is 0.496 e. The summed E-state index contributed by atoms with van der Waals surface area (Å²) in [5, 5.41) is -0.352. The molecule has 2 aromatic rings. The molecule has 6 nitrogen and oxygen atoms in total. The van der Waals surface area contributed by atoms with Crippen molar-refractivity contribution in [3.8, 4) is 5.75 Å². The average molecular weight is 404 g/mol. The van der Waals surface area contributed by atoms with Crippen LogP contribution in [0.4, 0.5) is 5.69 Å². The van der Waals surface area contributed by atoms with Crippen LogP contribution >= 0.6 is 34.8 Å².